The molecule has 30 nitrogen and oxygen atoms in total. The van der Waals surface area contributed by atoms with Crippen molar-refractivity contribution in [1.29, 1.82) is 0 Å². The molecule has 0 saturated heterocycles. The lowest BCUT2D eigenvalue weighted by Crippen LogP contribution is -2.07. The Balaban J connectivity index is 0.000000129. The average molecular weight is 1930 g/mol. The van der Waals surface area contributed by atoms with Gasteiger partial charge in [0.05, 0.1) is 113 Å². The van der Waals surface area contributed by atoms with Gasteiger partial charge in [0.1, 0.15) is 91.6 Å². The molecule has 30 heteroatoms. The number of Topliss-reactive ketones (excluding diaryl/α,β-unsaturated/α-hetero) is 3. The van der Waals surface area contributed by atoms with E-state index >= 15 is 0 Å². The normalized spacial score (nSPS) is 11.1. The highest BCUT2D eigenvalue weighted by Gasteiger charge is 2.22. The van der Waals surface area contributed by atoms with Crippen LogP contribution in [0.5, 0.6) is 23.0 Å². The van der Waals surface area contributed by atoms with Gasteiger partial charge in [-0.15, -0.1) is 0 Å². The standard InChI is InChI=1S/C23H24N4O2.3C23H23N3O3.C22H21N3O3/c1-16(28)10-14-27-15-11-19-21(9-13-25-22(19)27)24-12-8-20-17(2)29-23(26-20)18-6-4-3-5-7-18;1-16(27)11-13-26-21-9-6-10-22(19(21)15-24-26)28-14-12-20-17(2)29-23(25-20)18-7-4-3-5-8-18;1-16(27)11-13-26-15-24-22-20(26)9-6-10-21(22)28-14-12-19-17(2)29-23(25-19)18-7-4-3-5-8-18;1-16(27)9-13-26-14-10-19-21(8-12-24-22(19)26)28-15-11-20-17(2)29-23(25-20)18-6-4-3-5-7-18;1-15(26)14-25-12-9-18-20(8-11-23-21(18)25)27-13-10-19-16(2)28-22(24-19)17-6-4-3-5-7-17/h3-7,9,11,13,15H,8,10,12,14H2,1-2H3,(H,24,25);2*3-10,15,27H,1,11-14H2,2H3;3-8,10,12,14H,9,11,13,15H2,1-2H3;3-9,11-12H,10,13-14H2,1-2H3. The molecule has 7 aromatic carbocycles. The van der Waals surface area contributed by atoms with Gasteiger partial charge in [0.2, 0.25) is 29.5 Å². The fraction of sp³-hybridized carbons (Fsp3) is 0.237. The molecule has 0 radical (unpaired) electrons. The minimum absolute atomic E-state index is 0.0846. The van der Waals surface area contributed by atoms with Crippen LogP contribution in [0.25, 0.3) is 112 Å². The van der Waals surface area contributed by atoms with E-state index in [9.17, 15) is 24.6 Å². The molecule has 0 unspecified atom stereocenters. The number of hydrogen-bond donors (Lipinski definition) is 3. The maximum absolute atomic E-state index is 11.4. The molecule has 0 saturated carbocycles. The number of pyridine rings is 3. The second kappa shape index (κ2) is 48.0. The molecule has 0 aliphatic heterocycles. The zero-order chi connectivity index (χ0) is 100. The summed E-state index contributed by atoms with van der Waals surface area (Å²) in [6.07, 6.45) is 19.9. The van der Waals surface area contributed by atoms with Crippen molar-refractivity contribution in [1.82, 2.24) is 72.9 Å². The summed E-state index contributed by atoms with van der Waals surface area (Å²) in [5, 5.41) is 30.4. The lowest BCUT2D eigenvalue weighted by Gasteiger charge is -2.08. The highest BCUT2D eigenvalue weighted by Crippen LogP contribution is 2.35. The minimum Gasteiger partial charge on any atom is -0.513 e. The second-order valence-electron chi connectivity index (χ2n) is 34.5. The smallest absolute Gasteiger partial charge is 0.226 e. The highest BCUT2D eigenvalue weighted by atomic mass is 16.5. The van der Waals surface area contributed by atoms with Gasteiger partial charge in [0.15, 0.2) is 0 Å². The van der Waals surface area contributed by atoms with Crippen LogP contribution in [0, 0.1) is 34.6 Å². The molecule has 0 spiro atoms. The molecule has 734 valence electrons. The van der Waals surface area contributed by atoms with Crippen LogP contribution in [-0.4, -0.2) is 133 Å². The van der Waals surface area contributed by atoms with Crippen LogP contribution in [0.15, 0.2) is 321 Å². The van der Waals surface area contributed by atoms with Crippen molar-refractivity contribution in [2.45, 2.75) is 146 Å². The van der Waals surface area contributed by atoms with Gasteiger partial charge in [-0.05, 0) is 177 Å². The number of allylic oxidation sites excluding steroid dienone is 2. The van der Waals surface area contributed by atoms with Crippen molar-refractivity contribution in [3.8, 4) is 80.3 Å². The van der Waals surface area contributed by atoms with Gasteiger partial charge >= 0.3 is 0 Å². The maximum atomic E-state index is 11.4. The van der Waals surface area contributed by atoms with E-state index in [-0.39, 0.29) is 28.9 Å². The van der Waals surface area contributed by atoms with E-state index < -0.39 is 0 Å². The topological polar surface area (TPSA) is 360 Å². The number of aryl methyl sites for hydroxylation is 9. The molecular formula is C114H114N16O14. The van der Waals surface area contributed by atoms with Crippen molar-refractivity contribution in [2.24, 2.45) is 0 Å². The summed E-state index contributed by atoms with van der Waals surface area (Å²) in [6.45, 7) is 26.9. The number of nitrogens with zero attached hydrogens (tertiary/aromatic N) is 15. The second-order valence-corrected chi connectivity index (χ2v) is 34.5. The Morgan fingerprint density at radius 3 is 1.10 bits per heavy atom. The number of benzene rings is 7. The number of carbonyl (C=O) groups excluding carboxylic acids is 3. The van der Waals surface area contributed by atoms with E-state index in [2.05, 4.69) is 68.4 Å². The molecule has 0 aliphatic carbocycles. The quantitative estimate of drug-likeness (QED) is 0.0301. The van der Waals surface area contributed by atoms with Gasteiger partial charge in [-0.3, -0.25) is 19.1 Å². The van der Waals surface area contributed by atoms with Crippen molar-refractivity contribution >= 4 is 78.1 Å². The fourth-order valence-electron chi connectivity index (χ4n) is 16.3. The molecule has 144 heavy (non-hydrogen) atoms. The molecule has 20 rings (SSSR count). The number of fused-ring (bicyclic) bond motifs is 5. The first-order chi connectivity index (χ1) is 70.1. The fourth-order valence-corrected chi connectivity index (χ4v) is 16.3. The first kappa shape index (κ1) is 99.7. The Hall–Kier alpha value is -17.3. The van der Waals surface area contributed by atoms with E-state index in [4.69, 9.17) is 41.0 Å². The van der Waals surface area contributed by atoms with Crippen molar-refractivity contribution in [2.75, 3.05) is 38.3 Å². The third-order valence-electron chi connectivity index (χ3n) is 23.9. The predicted octanol–water partition coefficient (Wildman–Crippen LogP) is 23.6. The summed E-state index contributed by atoms with van der Waals surface area (Å²) >= 11 is 0. The van der Waals surface area contributed by atoms with E-state index in [1.165, 1.54) is 0 Å². The summed E-state index contributed by atoms with van der Waals surface area (Å²) in [4.78, 5) is 74.9. The number of aromatic nitrogens is 15. The molecule has 0 atom stereocenters. The van der Waals surface area contributed by atoms with E-state index in [0.717, 1.165) is 182 Å². The van der Waals surface area contributed by atoms with Gasteiger partial charge in [-0.2, -0.15) is 5.10 Å². The zero-order valence-electron chi connectivity index (χ0n) is 81.8. The van der Waals surface area contributed by atoms with Gasteiger partial charge in [-0.25, -0.2) is 44.9 Å². The van der Waals surface area contributed by atoms with E-state index in [1.807, 2.05) is 301 Å². The number of imidazole rings is 1. The Kier molecular flexibility index (Phi) is 33.3. The molecule has 20 aromatic rings. The number of aliphatic hydroxyl groups is 2. The summed E-state index contributed by atoms with van der Waals surface area (Å²) in [7, 11) is 0. The summed E-state index contributed by atoms with van der Waals surface area (Å²) in [5.41, 5.74) is 15.6. The number of carbonyl (C=O) groups is 3. The molecule has 3 N–H and O–H groups in total. The number of nitrogens with one attached hydrogen (secondary N) is 1. The lowest BCUT2D eigenvalue weighted by molar-refractivity contribution is -0.118. The average Bonchev–Trinajstić information content (AvgIpc) is 1.67. The molecular weight excluding hydrogens is 1820 g/mol. The van der Waals surface area contributed by atoms with Gasteiger partial charge < -0.3 is 74.8 Å². The van der Waals surface area contributed by atoms with Crippen LogP contribution in [0.1, 0.15) is 104 Å². The Morgan fingerprint density at radius 1 is 0.347 bits per heavy atom. The minimum atomic E-state index is 0.0846. The van der Waals surface area contributed by atoms with Gasteiger partial charge in [0.25, 0.3) is 0 Å². The van der Waals surface area contributed by atoms with Gasteiger partial charge in [-0.1, -0.05) is 116 Å². The largest absolute Gasteiger partial charge is 0.513 e. The number of anilines is 1. The number of hydrogen-bond acceptors (Lipinski definition) is 25. The molecule has 0 amide bonds. The maximum Gasteiger partial charge on any atom is 0.226 e. The van der Waals surface area contributed by atoms with E-state index in [1.54, 1.807) is 51.9 Å². The number of ether oxygens (including phenoxy) is 4. The van der Waals surface area contributed by atoms with Crippen LogP contribution in [0.2, 0.25) is 0 Å². The van der Waals surface area contributed by atoms with Crippen molar-refractivity contribution in [3.05, 3.63) is 356 Å². The van der Waals surface area contributed by atoms with E-state index in [0.29, 0.717) is 140 Å². The summed E-state index contributed by atoms with van der Waals surface area (Å²) < 4.78 is 62.8. The highest BCUT2D eigenvalue weighted by molar-refractivity contribution is 5.91. The lowest BCUT2D eigenvalue weighted by atomic mass is 10.2. The number of aliphatic hydroxyl groups excluding tert-OH is 2. The van der Waals surface area contributed by atoms with Crippen LogP contribution < -0.4 is 24.3 Å². The Bertz CT molecular complexity index is 7010. The van der Waals surface area contributed by atoms with Crippen molar-refractivity contribution < 1.29 is 65.6 Å². The van der Waals surface area contributed by atoms with Crippen LogP contribution in [-0.2, 0) is 79.2 Å². The predicted molar refractivity (Wildman–Crippen MR) is 555 cm³/mol. The Morgan fingerprint density at radius 2 is 0.694 bits per heavy atom. The molecule has 13 heterocycles. The number of rotatable bonds is 39. The summed E-state index contributed by atoms with van der Waals surface area (Å²) in [5.74, 6) is 11.0. The first-order valence-corrected chi connectivity index (χ1v) is 47.8. The first-order valence-electron chi connectivity index (χ1n) is 47.8. The molecule has 0 fully saturated rings. The van der Waals surface area contributed by atoms with Crippen LogP contribution >= 0.6 is 0 Å². The van der Waals surface area contributed by atoms with Crippen molar-refractivity contribution in [3.63, 3.8) is 0 Å². The number of ketones is 3. The summed E-state index contributed by atoms with van der Waals surface area (Å²) in [6, 6.07) is 72.7. The molecule has 0 bridgehead atoms. The Labute approximate surface area is 832 Å². The monoisotopic (exact) mass is 1930 g/mol. The third-order valence-corrected chi connectivity index (χ3v) is 23.9. The van der Waals surface area contributed by atoms with Crippen LogP contribution in [0.4, 0.5) is 5.69 Å². The molecule has 13 aromatic heterocycles. The SMILES string of the molecule is C=C(O)CCn1cnc2c(OCCc3nc(-c4ccccc4)oc3C)cccc21.C=C(O)CCn1ncc2c(OCCc3nc(-c4ccccc4)oc3C)cccc21.CC(=O)CCn1ccc2c(NCCc3nc(-c4ccccc4)oc3C)ccnc21.CC(=O)CCn1ccc2c(OCCc3nc(-c4ccccc4)oc3C)ccnc21.CC(=O)Cn1ccc2c(OCCc3nc(-c4ccccc4)oc3C)ccnc21. The zero-order valence-corrected chi connectivity index (χ0v) is 81.8. The third kappa shape index (κ3) is 25.8. The number of para-hydroxylation sites is 1. The number of oxazole rings is 5. The van der Waals surface area contributed by atoms with Gasteiger partial charge in [0, 0.05) is 167 Å². The van der Waals surface area contributed by atoms with Crippen LogP contribution in [0.3, 0.4) is 0 Å². The molecule has 0 aliphatic rings.